The van der Waals surface area contributed by atoms with E-state index in [1.165, 1.54) is 29.5 Å². The van der Waals surface area contributed by atoms with Gasteiger partial charge in [0.05, 0.1) is 4.90 Å². The van der Waals surface area contributed by atoms with Crippen molar-refractivity contribution in [1.82, 2.24) is 14.5 Å². The molecule has 1 aliphatic heterocycles. The quantitative estimate of drug-likeness (QED) is 0.645. The summed E-state index contributed by atoms with van der Waals surface area (Å²) in [6.07, 6.45) is 1.01. The molecule has 0 fully saturated rings. The Hall–Kier alpha value is -2.38. The Bertz CT molecular complexity index is 921. The summed E-state index contributed by atoms with van der Waals surface area (Å²) >= 11 is 0. The molecular weight excluding hydrogens is 360 g/mol. The second kappa shape index (κ2) is 8.10. The Morgan fingerprint density at radius 3 is 2.41 bits per heavy atom. The third-order valence-corrected chi connectivity index (χ3v) is 6.62. The summed E-state index contributed by atoms with van der Waals surface area (Å²) in [5, 5.41) is 3.38. The molecule has 1 N–H and O–H groups in total. The van der Waals surface area contributed by atoms with Crippen LogP contribution < -0.4 is 5.32 Å². The van der Waals surface area contributed by atoms with E-state index in [1.807, 2.05) is 12.1 Å². The lowest BCUT2D eigenvalue weighted by Gasteiger charge is -2.31. The van der Waals surface area contributed by atoms with Gasteiger partial charge >= 0.3 is 0 Å². The van der Waals surface area contributed by atoms with Gasteiger partial charge in [0.15, 0.2) is 5.96 Å². The first-order valence-corrected chi connectivity index (χ1v) is 10.4. The molecule has 1 heterocycles. The van der Waals surface area contributed by atoms with Crippen LogP contribution in [0.1, 0.15) is 16.7 Å². The average Bonchev–Trinajstić information content (AvgIpc) is 2.68. The second-order valence-corrected chi connectivity index (χ2v) is 8.92. The van der Waals surface area contributed by atoms with Gasteiger partial charge in [0.2, 0.25) is 10.0 Å². The predicted octanol–water partition coefficient (Wildman–Crippen LogP) is 2.07. The molecule has 27 heavy (non-hydrogen) atoms. The van der Waals surface area contributed by atoms with Crippen molar-refractivity contribution < 1.29 is 8.42 Å². The number of aliphatic imine (C=N–C) groups is 1. The van der Waals surface area contributed by atoms with Crippen molar-refractivity contribution >= 4 is 16.0 Å². The minimum Gasteiger partial charge on any atom is -0.352 e. The molecule has 2 aromatic rings. The van der Waals surface area contributed by atoms with Crippen molar-refractivity contribution in [1.29, 1.82) is 0 Å². The van der Waals surface area contributed by atoms with Gasteiger partial charge in [0.1, 0.15) is 0 Å². The molecule has 0 aromatic heterocycles. The molecule has 0 unspecified atom stereocenters. The first kappa shape index (κ1) is 19.4. The van der Waals surface area contributed by atoms with Gasteiger partial charge in [0, 0.05) is 40.8 Å². The molecule has 0 aliphatic carbocycles. The van der Waals surface area contributed by atoms with Gasteiger partial charge in [-0.1, -0.05) is 36.4 Å². The van der Waals surface area contributed by atoms with Crippen LogP contribution in [0, 0.1) is 0 Å². The number of nitrogens with zero attached hydrogens (tertiary/aromatic N) is 3. The van der Waals surface area contributed by atoms with E-state index in [0.717, 1.165) is 31.0 Å². The number of benzene rings is 2. The average molecular weight is 387 g/mol. The van der Waals surface area contributed by atoms with Gasteiger partial charge in [0.25, 0.3) is 0 Å². The first-order chi connectivity index (χ1) is 12.9. The highest BCUT2D eigenvalue weighted by Crippen LogP contribution is 2.19. The van der Waals surface area contributed by atoms with Crippen molar-refractivity contribution in [2.45, 2.75) is 24.4 Å². The molecule has 7 heteroatoms. The van der Waals surface area contributed by atoms with Crippen molar-refractivity contribution in [3.63, 3.8) is 0 Å². The molecule has 0 saturated carbocycles. The lowest BCUT2D eigenvalue weighted by molar-refractivity contribution is 0.378. The van der Waals surface area contributed by atoms with Gasteiger partial charge in [-0.05, 0) is 35.2 Å². The minimum absolute atomic E-state index is 0.299. The third kappa shape index (κ3) is 4.31. The summed E-state index contributed by atoms with van der Waals surface area (Å²) < 4.78 is 25.5. The molecular formula is C20H26N4O2S. The van der Waals surface area contributed by atoms with Crippen LogP contribution >= 0.6 is 0 Å². The largest absolute Gasteiger partial charge is 0.352 e. The van der Waals surface area contributed by atoms with Crippen LogP contribution in [0.25, 0.3) is 0 Å². The molecule has 1 aliphatic rings. The molecule has 3 rings (SSSR count). The molecule has 0 bridgehead atoms. The maximum Gasteiger partial charge on any atom is 0.242 e. The SMILES string of the molecule is CN=C(NCc1ccc(S(=O)(=O)N(C)C)cc1)N1CCc2ccccc2C1. The molecule has 0 amide bonds. The Kier molecular flexibility index (Phi) is 5.82. The van der Waals surface area contributed by atoms with Gasteiger partial charge in [-0.3, -0.25) is 4.99 Å². The Balaban J connectivity index is 1.64. The molecule has 2 aromatic carbocycles. The number of hydrogen-bond donors (Lipinski definition) is 1. The summed E-state index contributed by atoms with van der Waals surface area (Å²) in [6, 6.07) is 15.5. The van der Waals surface area contributed by atoms with Crippen LogP contribution in [0.15, 0.2) is 58.4 Å². The van der Waals surface area contributed by atoms with Crippen LogP contribution in [0.5, 0.6) is 0 Å². The molecule has 0 spiro atoms. The van der Waals surface area contributed by atoms with Gasteiger partial charge in [-0.2, -0.15) is 0 Å². The van der Waals surface area contributed by atoms with Gasteiger partial charge in [-0.25, -0.2) is 12.7 Å². The van der Waals surface area contributed by atoms with E-state index in [0.29, 0.717) is 11.4 Å². The monoisotopic (exact) mass is 386 g/mol. The normalized spacial score (nSPS) is 15.0. The minimum atomic E-state index is -3.39. The summed E-state index contributed by atoms with van der Waals surface area (Å²) in [7, 11) is 1.46. The highest BCUT2D eigenvalue weighted by atomic mass is 32.2. The van der Waals surface area contributed by atoms with E-state index < -0.39 is 10.0 Å². The summed E-state index contributed by atoms with van der Waals surface area (Å²) in [5.74, 6) is 0.856. The molecule has 144 valence electrons. The Morgan fingerprint density at radius 1 is 1.11 bits per heavy atom. The van der Waals surface area contributed by atoms with Crippen LogP contribution in [0.3, 0.4) is 0 Å². The highest BCUT2D eigenvalue weighted by molar-refractivity contribution is 7.89. The fourth-order valence-electron chi connectivity index (χ4n) is 3.18. The second-order valence-electron chi connectivity index (χ2n) is 6.77. The predicted molar refractivity (Wildman–Crippen MR) is 108 cm³/mol. The highest BCUT2D eigenvalue weighted by Gasteiger charge is 2.19. The maximum atomic E-state index is 12.1. The van der Waals surface area contributed by atoms with E-state index in [-0.39, 0.29) is 0 Å². The van der Waals surface area contributed by atoms with E-state index in [9.17, 15) is 8.42 Å². The number of rotatable bonds is 4. The number of guanidine groups is 1. The number of nitrogens with one attached hydrogen (secondary N) is 1. The lowest BCUT2D eigenvalue weighted by Crippen LogP contribution is -2.43. The summed E-state index contributed by atoms with van der Waals surface area (Å²) in [6.45, 7) is 2.36. The van der Waals surface area contributed by atoms with E-state index in [1.54, 1.807) is 19.2 Å². The maximum absolute atomic E-state index is 12.1. The summed E-state index contributed by atoms with van der Waals surface area (Å²) in [5.41, 5.74) is 3.75. The van der Waals surface area contributed by atoms with E-state index in [4.69, 9.17) is 0 Å². The first-order valence-electron chi connectivity index (χ1n) is 8.95. The van der Waals surface area contributed by atoms with E-state index in [2.05, 4.69) is 39.5 Å². The van der Waals surface area contributed by atoms with E-state index >= 15 is 0 Å². The topological polar surface area (TPSA) is 65.0 Å². The summed E-state index contributed by atoms with van der Waals surface area (Å²) in [4.78, 5) is 6.95. The molecule has 6 nitrogen and oxygen atoms in total. The van der Waals surface area contributed by atoms with Crippen LogP contribution in [-0.4, -0.2) is 51.3 Å². The molecule has 0 saturated heterocycles. The molecule has 0 atom stereocenters. The van der Waals surface area contributed by atoms with Crippen molar-refractivity contribution in [2.24, 2.45) is 4.99 Å². The smallest absolute Gasteiger partial charge is 0.242 e. The van der Waals surface area contributed by atoms with Crippen molar-refractivity contribution in [3.8, 4) is 0 Å². The standard InChI is InChI=1S/C20H26N4O2S/c1-21-20(24-13-12-17-6-4-5-7-18(17)15-24)22-14-16-8-10-19(11-9-16)27(25,26)23(2)3/h4-11H,12-15H2,1-3H3,(H,21,22). The zero-order chi connectivity index (χ0) is 19.4. The van der Waals surface area contributed by atoms with Gasteiger partial charge < -0.3 is 10.2 Å². The number of fused-ring (bicyclic) bond motifs is 1. The zero-order valence-electron chi connectivity index (χ0n) is 16.0. The van der Waals surface area contributed by atoms with Crippen molar-refractivity contribution in [3.05, 3.63) is 65.2 Å². The van der Waals surface area contributed by atoms with Crippen LogP contribution in [0.2, 0.25) is 0 Å². The third-order valence-electron chi connectivity index (χ3n) is 4.79. The van der Waals surface area contributed by atoms with Crippen molar-refractivity contribution in [2.75, 3.05) is 27.7 Å². The Morgan fingerprint density at radius 2 is 1.78 bits per heavy atom. The van der Waals surface area contributed by atoms with Crippen LogP contribution in [-0.2, 0) is 29.5 Å². The molecule has 0 radical (unpaired) electrons. The number of hydrogen-bond acceptors (Lipinski definition) is 3. The zero-order valence-corrected chi connectivity index (χ0v) is 16.8. The van der Waals surface area contributed by atoms with Gasteiger partial charge in [-0.15, -0.1) is 0 Å². The number of sulfonamides is 1. The lowest BCUT2D eigenvalue weighted by atomic mass is 10.0. The fourth-order valence-corrected chi connectivity index (χ4v) is 4.08. The fraction of sp³-hybridized carbons (Fsp3) is 0.350. The Labute approximate surface area is 161 Å². The van der Waals surface area contributed by atoms with Crippen LogP contribution in [0.4, 0.5) is 0 Å².